The second-order valence-corrected chi connectivity index (χ2v) is 5.71. The van der Waals surface area contributed by atoms with Crippen LogP contribution in [0.4, 0.5) is 27.6 Å². The lowest BCUT2D eigenvalue weighted by Gasteiger charge is -2.09. The van der Waals surface area contributed by atoms with Crippen molar-refractivity contribution in [2.75, 3.05) is 5.32 Å². The standard InChI is InChI=1S/C16H12F5N5O/c1-7-5-8(2)26(23-7)6-25-4-3-9(24-25)16(27)22-15-13(20)11(18)10(17)12(19)14(15)21/h3-5H,6H2,1-2H3,(H,22,27). The Balaban J connectivity index is 1.82. The molecule has 1 amide bonds. The normalized spacial score (nSPS) is 11.1. The summed E-state index contributed by atoms with van der Waals surface area (Å²) in [5.74, 6) is -12.0. The molecule has 0 atom stereocenters. The number of nitrogens with one attached hydrogen (secondary N) is 1. The van der Waals surface area contributed by atoms with Crippen molar-refractivity contribution in [1.29, 1.82) is 0 Å². The molecule has 3 rings (SSSR count). The van der Waals surface area contributed by atoms with Gasteiger partial charge in [-0.05, 0) is 26.0 Å². The average molecular weight is 385 g/mol. The topological polar surface area (TPSA) is 64.7 Å². The van der Waals surface area contributed by atoms with Gasteiger partial charge in [-0.25, -0.2) is 26.6 Å². The van der Waals surface area contributed by atoms with Crippen molar-refractivity contribution in [1.82, 2.24) is 19.6 Å². The van der Waals surface area contributed by atoms with Crippen molar-refractivity contribution in [2.24, 2.45) is 0 Å². The van der Waals surface area contributed by atoms with Crippen molar-refractivity contribution < 1.29 is 26.7 Å². The molecule has 27 heavy (non-hydrogen) atoms. The molecule has 1 N–H and O–H groups in total. The van der Waals surface area contributed by atoms with Gasteiger partial charge in [-0.1, -0.05) is 0 Å². The Morgan fingerprint density at radius 3 is 2.15 bits per heavy atom. The number of aromatic nitrogens is 4. The fourth-order valence-corrected chi connectivity index (χ4v) is 2.41. The minimum atomic E-state index is -2.31. The molecule has 0 aliphatic carbocycles. The van der Waals surface area contributed by atoms with Crippen LogP contribution < -0.4 is 5.32 Å². The zero-order valence-corrected chi connectivity index (χ0v) is 14.0. The number of rotatable bonds is 4. The quantitative estimate of drug-likeness (QED) is 0.426. The van der Waals surface area contributed by atoms with Crippen molar-refractivity contribution in [3.05, 3.63) is 64.5 Å². The van der Waals surface area contributed by atoms with Crippen molar-refractivity contribution in [3.63, 3.8) is 0 Å². The van der Waals surface area contributed by atoms with E-state index in [4.69, 9.17) is 0 Å². The molecule has 1 aromatic carbocycles. The number of aryl methyl sites for hydroxylation is 2. The van der Waals surface area contributed by atoms with E-state index in [-0.39, 0.29) is 12.4 Å². The van der Waals surface area contributed by atoms with Crippen LogP contribution in [0.15, 0.2) is 18.3 Å². The Bertz CT molecular complexity index is 1010. The molecule has 0 spiro atoms. The van der Waals surface area contributed by atoms with Crippen LogP contribution >= 0.6 is 0 Å². The lowest BCUT2D eigenvalue weighted by molar-refractivity contribution is 0.102. The molecular formula is C16H12F5N5O. The number of halogens is 5. The van der Waals surface area contributed by atoms with Crippen molar-refractivity contribution in [2.45, 2.75) is 20.5 Å². The average Bonchev–Trinajstić information content (AvgIpc) is 3.21. The first-order chi connectivity index (χ1) is 12.7. The van der Waals surface area contributed by atoms with E-state index < -0.39 is 40.7 Å². The van der Waals surface area contributed by atoms with Crippen LogP contribution in [0.1, 0.15) is 21.9 Å². The van der Waals surface area contributed by atoms with E-state index in [0.29, 0.717) is 0 Å². The summed E-state index contributed by atoms with van der Waals surface area (Å²) in [6, 6.07) is 3.06. The first-order valence-electron chi connectivity index (χ1n) is 7.56. The zero-order valence-electron chi connectivity index (χ0n) is 14.0. The van der Waals surface area contributed by atoms with E-state index in [1.165, 1.54) is 16.9 Å². The first-order valence-corrected chi connectivity index (χ1v) is 7.56. The molecule has 0 saturated carbocycles. The zero-order chi connectivity index (χ0) is 19.9. The lowest BCUT2D eigenvalue weighted by atomic mass is 10.2. The highest BCUT2D eigenvalue weighted by Crippen LogP contribution is 2.27. The van der Waals surface area contributed by atoms with Crippen molar-refractivity contribution in [3.8, 4) is 0 Å². The van der Waals surface area contributed by atoms with E-state index in [1.807, 2.05) is 13.0 Å². The van der Waals surface area contributed by atoms with Gasteiger partial charge in [0.2, 0.25) is 5.82 Å². The Morgan fingerprint density at radius 1 is 1.00 bits per heavy atom. The van der Waals surface area contributed by atoms with Gasteiger partial charge < -0.3 is 5.32 Å². The molecule has 142 valence electrons. The smallest absolute Gasteiger partial charge is 0.276 e. The summed E-state index contributed by atoms with van der Waals surface area (Å²) in [5.41, 5.74) is -0.0932. The fraction of sp³-hybridized carbons (Fsp3) is 0.188. The van der Waals surface area contributed by atoms with Crippen LogP contribution in [0.2, 0.25) is 0 Å². The molecule has 0 unspecified atom stereocenters. The van der Waals surface area contributed by atoms with E-state index in [2.05, 4.69) is 10.2 Å². The van der Waals surface area contributed by atoms with Gasteiger partial charge in [0.1, 0.15) is 12.4 Å². The monoisotopic (exact) mass is 385 g/mol. The van der Waals surface area contributed by atoms with Crippen LogP contribution in [-0.4, -0.2) is 25.5 Å². The van der Waals surface area contributed by atoms with Gasteiger partial charge in [0.05, 0.1) is 5.69 Å². The Labute approximate surface area is 149 Å². The number of carbonyl (C=O) groups excluding carboxylic acids is 1. The second kappa shape index (κ2) is 6.82. The van der Waals surface area contributed by atoms with Crippen LogP contribution in [-0.2, 0) is 6.67 Å². The van der Waals surface area contributed by atoms with Crippen LogP contribution in [0.5, 0.6) is 0 Å². The number of amides is 1. The molecular weight excluding hydrogens is 373 g/mol. The molecule has 6 nitrogen and oxygen atoms in total. The number of anilines is 1. The molecule has 0 radical (unpaired) electrons. The summed E-state index contributed by atoms with van der Waals surface area (Å²) in [6.45, 7) is 3.78. The van der Waals surface area contributed by atoms with E-state index in [0.717, 1.165) is 11.4 Å². The summed E-state index contributed by atoms with van der Waals surface area (Å²) in [6.07, 6.45) is 1.41. The van der Waals surface area contributed by atoms with Gasteiger partial charge in [0.25, 0.3) is 5.91 Å². The summed E-state index contributed by atoms with van der Waals surface area (Å²) in [5, 5.41) is 9.79. The van der Waals surface area contributed by atoms with E-state index >= 15 is 0 Å². The summed E-state index contributed by atoms with van der Waals surface area (Å²) < 4.78 is 69.7. The lowest BCUT2D eigenvalue weighted by Crippen LogP contribution is -2.18. The molecule has 0 fully saturated rings. The third kappa shape index (κ3) is 3.39. The molecule has 0 saturated heterocycles. The maximum Gasteiger partial charge on any atom is 0.276 e. The predicted octanol–water partition coefficient (Wildman–Crippen LogP) is 3.15. The third-order valence-corrected chi connectivity index (χ3v) is 3.70. The third-order valence-electron chi connectivity index (χ3n) is 3.70. The largest absolute Gasteiger partial charge is 0.315 e. The second-order valence-electron chi connectivity index (χ2n) is 5.71. The Morgan fingerprint density at radius 2 is 1.59 bits per heavy atom. The molecule has 2 heterocycles. The molecule has 0 bridgehead atoms. The first kappa shape index (κ1) is 18.5. The highest BCUT2D eigenvalue weighted by atomic mass is 19.2. The summed E-state index contributed by atoms with van der Waals surface area (Å²) in [4.78, 5) is 12.1. The van der Waals surface area contributed by atoms with Gasteiger partial charge >= 0.3 is 0 Å². The Kier molecular flexibility index (Phi) is 4.68. The number of hydrogen-bond donors (Lipinski definition) is 1. The number of hydrogen-bond acceptors (Lipinski definition) is 3. The number of nitrogens with zero attached hydrogens (tertiary/aromatic N) is 4. The SMILES string of the molecule is Cc1cc(C)n(Cn2ccc(C(=O)Nc3c(F)c(F)c(F)c(F)c3F)n2)n1. The predicted molar refractivity (Wildman–Crippen MR) is 83.5 cm³/mol. The minimum Gasteiger partial charge on any atom is -0.315 e. The van der Waals surface area contributed by atoms with Gasteiger partial charge in [0.15, 0.2) is 29.0 Å². The highest BCUT2D eigenvalue weighted by molar-refractivity contribution is 6.02. The molecule has 3 aromatic rings. The maximum atomic E-state index is 13.6. The number of carbonyl (C=O) groups is 1. The van der Waals surface area contributed by atoms with Gasteiger partial charge in [-0.2, -0.15) is 10.2 Å². The van der Waals surface area contributed by atoms with Gasteiger partial charge in [-0.15, -0.1) is 0 Å². The van der Waals surface area contributed by atoms with Gasteiger partial charge in [0, 0.05) is 11.9 Å². The molecule has 0 aliphatic rings. The van der Waals surface area contributed by atoms with Crippen LogP contribution in [0, 0.1) is 42.9 Å². The fourth-order valence-electron chi connectivity index (χ4n) is 2.41. The summed E-state index contributed by atoms with van der Waals surface area (Å²) >= 11 is 0. The molecule has 2 aromatic heterocycles. The minimum absolute atomic E-state index is 0.162. The molecule has 11 heteroatoms. The van der Waals surface area contributed by atoms with Crippen LogP contribution in [0.25, 0.3) is 0 Å². The van der Waals surface area contributed by atoms with Crippen LogP contribution in [0.3, 0.4) is 0 Å². The maximum absolute atomic E-state index is 13.6. The number of benzene rings is 1. The van der Waals surface area contributed by atoms with Gasteiger partial charge in [-0.3, -0.25) is 9.48 Å². The summed E-state index contributed by atoms with van der Waals surface area (Å²) in [7, 11) is 0. The Hall–Kier alpha value is -3.24. The van der Waals surface area contributed by atoms with E-state index in [9.17, 15) is 26.7 Å². The van der Waals surface area contributed by atoms with E-state index in [1.54, 1.807) is 16.9 Å². The highest BCUT2D eigenvalue weighted by Gasteiger charge is 2.27. The van der Waals surface area contributed by atoms with Crippen molar-refractivity contribution >= 4 is 11.6 Å². The molecule has 0 aliphatic heterocycles.